The van der Waals surface area contributed by atoms with Crippen molar-refractivity contribution in [3.8, 4) is 0 Å². The Balaban J connectivity index is 1.37. The largest absolute Gasteiger partial charge is 0.347 e. The zero-order valence-electron chi connectivity index (χ0n) is 19.7. The van der Waals surface area contributed by atoms with Crippen LogP contribution < -0.4 is 15.5 Å². The van der Waals surface area contributed by atoms with Crippen LogP contribution in [0.15, 0.2) is 24.4 Å². The van der Waals surface area contributed by atoms with E-state index in [1.807, 2.05) is 10.7 Å². The fourth-order valence-corrected chi connectivity index (χ4v) is 4.99. The SMILES string of the molecule is Cc1ccc2c(c1)nc(CNc1nc(N3C[C@@H](C)N[C@@H](C)C3)nc3c(C4CC4)cnn13)n2C. The second-order valence-electron chi connectivity index (χ2n) is 9.76. The monoisotopic (exact) mass is 445 g/mol. The Morgan fingerprint density at radius 2 is 1.88 bits per heavy atom. The summed E-state index contributed by atoms with van der Waals surface area (Å²) < 4.78 is 4.00. The quantitative estimate of drug-likeness (QED) is 0.488. The first-order valence-electron chi connectivity index (χ1n) is 11.9. The molecule has 3 aromatic heterocycles. The van der Waals surface area contributed by atoms with Crippen molar-refractivity contribution < 1.29 is 0 Å². The summed E-state index contributed by atoms with van der Waals surface area (Å²) in [6.07, 6.45) is 4.40. The van der Waals surface area contributed by atoms with Crippen molar-refractivity contribution in [3.05, 3.63) is 41.3 Å². The average molecular weight is 446 g/mol. The highest BCUT2D eigenvalue weighted by molar-refractivity contribution is 5.76. The number of aryl methyl sites for hydroxylation is 2. The van der Waals surface area contributed by atoms with Crippen molar-refractivity contribution >= 4 is 28.6 Å². The molecule has 6 rings (SSSR count). The summed E-state index contributed by atoms with van der Waals surface area (Å²) in [7, 11) is 2.06. The first-order valence-corrected chi connectivity index (χ1v) is 11.9. The average Bonchev–Trinajstić information content (AvgIpc) is 3.45. The second kappa shape index (κ2) is 7.69. The fraction of sp³-hybridized carbons (Fsp3) is 0.500. The van der Waals surface area contributed by atoms with Crippen LogP contribution in [0.1, 0.15) is 49.6 Å². The molecule has 1 aliphatic heterocycles. The smallest absolute Gasteiger partial charge is 0.230 e. The molecule has 1 aliphatic carbocycles. The first kappa shape index (κ1) is 20.4. The minimum atomic E-state index is 0.390. The Bertz CT molecular complexity index is 1320. The maximum absolute atomic E-state index is 4.99. The third-order valence-corrected chi connectivity index (χ3v) is 6.77. The number of hydrogen-bond acceptors (Lipinski definition) is 7. The van der Waals surface area contributed by atoms with E-state index in [2.05, 4.69) is 71.2 Å². The van der Waals surface area contributed by atoms with Gasteiger partial charge in [0, 0.05) is 37.8 Å². The highest BCUT2D eigenvalue weighted by Crippen LogP contribution is 2.42. The van der Waals surface area contributed by atoms with Crippen molar-refractivity contribution in [2.75, 3.05) is 23.3 Å². The van der Waals surface area contributed by atoms with Crippen LogP contribution in [-0.4, -0.2) is 54.3 Å². The molecule has 1 saturated heterocycles. The van der Waals surface area contributed by atoms with Crippen LogP contribution in [0.25, 0.3) is 16.7 Å². The van der Waals surface area contributed by atoms with Crippen molar-refractivity contribution in [2.24, 2.45) is 7.05 Å². The number of piperazine rings is 1. The molecular formula is C24H31N9. The number of hydrogen-bond donors (Lipinski definition) is 2. The van der Waals surface area contributed by atoms with Gasteiger partial charge in [-0.2, -0.15) is 19.6 Å². The number of imidazole rings is 1. The van der Waals surface area contributed by atoms with Gasteiger partial charge >= 0.3 is 0 Å². The number of nitrogens with zero attached hydrogens (tertiary/aromatic N) is 7. The molecule has 2 atom stereocenters. The lowest BCUT2D eigenvalue weighted by Crippen LogP contribution is -2.54. The summed E-state index contributed by atoms with van der Waals surface area (Å²) in [4.78, 5) is 17.1. The molecule has 172 valence electrons. The van der Waals surface area contributed by atoms with Crippen LogP contribution in [-0.2, 0) is 13.6 Å². The van der Waals surface area contributed by atoms with Crippen molar-refractivity contribution in [1.82, 2.24) is 34.4 Å². The molecule has 0 unspecified atom stereocenters. The van der Waals surface area contributed by atoms with Crippen LogP contribution in [0, 0.1) is 6.92 Å². The van der Waals surface area contributed by atoms with E-state index in [-0.39, 0.29) is 0 Å². The van der Waals surface area contributed by atoms with Gasteiger partial charge in [-0.05, 0) is 57.2 Å². The van der Waals surface area contributed by atoms with E-state index in [1.54, 1.807) is 0 Å². The standard InChI is InChI=1S/C24H31N9/c1-14-5-8-20-19(9-14)28-21(31(20)4)11-25-23-30-24(32-12-15(2)27-16(3)13-32)29-22-18(17-6-7-17)10-26-33(22)23/h5,8-10,15-17,27H,6-7,11-13H2,1-4H3,(H,25,29,30)/t15-,16+. The molecule has 33 heavy (non-hydrogen) atoms. The van der Waals surface area contributed by atoms with Crippen molar-refractivity contribution in [2.45, 2.75) is 58.2 Å². The van der Waals surface area contributed by atoms with Crippen LogP contribution in [0.3, 0.4) is 0 Å². The molecule has 4 aromatic rings. The summed E-state index contributed by atoms with van der Waals surface area (Å²) >= 11 is 0. The van der Waals surface area contributed by atoms with Crippen LogP contribution in [0.5, 0.6) is 0 Å². The molecule has 2 aliphatic rings. The highest BCUT2D eigenvalue weighted by Gasteiger charge is 2.30. The number of anilines is 2. The molecule has 9 nitrogen and oxygen atoms in total. The Hall–Kier alpha value is -3.20. The van der Waals surface area contributed by atoms with Gasteiger partial charge in [-0.15, -0.1) is 0 Å². The third kappa shape index (κ3) is 3.70. The number of nitrogens with one attached hydrogen (secondary N) is 2. The molecule has 0 amide bonds. The predicted molar refractivity (Wildman–Crippen MR) is 130 cm³/mol. The van der Waals surface area contributed by atoms with Gasteiger partial charge in [0.1, 0.15) is 5.82 Å². The Labute approximate surface area is 193 Å². The summed E-state index contributed by atoms with van der Waals surface area (Å²) in [6.45, 7) is 8.85. The minimum Gasteiger partial charge on any atom is -0.347 e. The molecule has 0 radical (unpaired) electrons. The molecule has 2 N–H and O–H groups in total. The zero-order valence-corrected chi connectivity index (χ0v) is 19.7. The van der Waals surface area contributed by atoms with Gasteiger partial charge in [-0.1, -0.05) is 6.07 Å². The summed E-state index contributed by atoms with van der Waals surface area (Å²) in [5.41, 5.74) is 5.51. The lowest BCUT2D eigenvalue weighted by atomic mass is 10.1. The Morgan fingerprint density at radius 1 is 1.09 bits per heavy atom. The molecule has 1 saturated carbocycles. The first-order chi connectivity index (χ1) is 16.0. The summed E-state index contributed by atoms with van der Waals surface area (Å²) in [6, 6.07) is 7.16. The van der Waals surface area contributed by atoms with E-state index < -0.39 is 0 Å². The summed E-state index contributed by atoms with van der Waals surface area (Å²) in [5, 5.41) is 11.8. The molecule has 9 heteroatoms. The second-order valence-corrected chi connectivity index (χ2v) is 9.76. The molecule has 4 heterocycles. The lowest BCUT2D eigenvalue weighted by Gasteiger charge is -2.36. The fourth-order valence-electron chi connectivity index (χ4n) is 4.99. The number of aromatic nitrogens is 6. The van der Waals surface area contributed by atoms with Crippen LogP contribution in [0.4, 0.5) is 11.9 Å². The minimum absolute atomic E-state index is 0.390. The number of benzene rings is 1. The third-order valence-electron chi connectivity index (χ3n) is 6.77. The van der Waals surface area contributed by atoms with Crippen molar-refractivity contribution in [1.29, 1.82) is 0 Å². The molecule has 2 fully saturated rings. The molecule has 0 spiro atoms. The van der Waals surface area contributed by atoms with E-state index in [4.69, 9.17) is 15.0 Å². The normalized spacial score (nSPS) is 21.3. The van der Waals surface area contributed by atoms with Gasteiger partial charge in [0.15, 0.2) is 5.65 Å². The van der Waals surface area contributed by atoms with E-state index in [1.165, 1.54) is 24.0 Å². The lowest BCUT2D eigenvalue weighted by molar-refractivity contribution is 0.403. The Morgan fingerprint density at radius 3 is 2.64 bits per heavy atom. The van der Waals surface area contributed by atoms with Gasteiger partial charge in [0.2, 0.25) is 11.9 Å². The molecule has 0 bridgehead atoms. The van der Waals surface area contributed by atoms with Gasteiger partial charge in [-0.25, -0.2) is 4.98 Å². The van der Waals surface area contributed by atoms with Crippen molar-refractivity contribution in [3.63, 3.8) is 0 Å². The summed E-state index contributed by atoms with van der Waals surface area (Å²) in [5.74, 6) is 3.02. The Kier molecular flexibility index (Phi) is 4.76. The van der Waals surface area contributed by atoms with Gasteiger partial charge in [0.25, 0.3) is 0 Å². The highest BCUT2D eigenvalue weighted by atomic mass is 15.4. The molecular weight excluding hydrogens is 414 g/mol. The van der Waals surface area contributed by atoms with E-state index in [9.17, 15) is 0 Å². The number of rotatable bonds is 5. The topological polar surface area (TPSA) is 88.2 Å². The van der Waals surface area contributed by atoms with E-state index in [0.717, 1.165) is 41.5 Å². The predicted octanol–water partition coefficient (Wildman–Crippen LogP) is 3.00. The zero-order chi connectivity index (χ0) is 22.7. The van der Waals surface area contributed by atoms with Gasteiger partial charge in [-0.3, -0.25) is 0 Å². The van der Waals surface area contributed by atoms with E-state index in [0.29, 0.717) is 30.5 Å². The maximum atomic E-state index is 4.99. The van der Waals surface area contributed by atoms with Crippen LogP contribution in [0.2, 0.25) is 0 Å². The van der Waals surface area contributed by atoms with Gasteiger partial charge in [0.05, 0.1) is 23.8 Å². The molecule has 1 aromatic carbocycles. The van der Waals surface area contributed by atoms with Crippen LogP contribution >= 0.6 is 0 Å². The van der Waals surface area contributed by atoms with E-state index >= 15 is 0 Å². The maximum Gasteiger partial charge on any atom is 0.230 e. The van der Waals surface area contributed by atoms with Gasteiger partial charge < -0.3 is 20.1 Å². The number of fused-ring (bicyclic) bond motifs is 2.